The number of methoxy groups -OCH3 is 2. The van der Waals surface area contributed by atoms with Gasteiger partial charge in [-0.05, 0) is 20.8 Å². The Morgan fingerprint density at radius 1 is 1.16 bits per heavy atom. The minimum absolute atomic E-state index is 0.0588. The molecule has 0 unspecified atom stereocenters. The van der Waals surface area contributed by atoms with Gasteiger partial charge in [0.1, 0.15) is 17.1 Å². The summed E-state index contributed by atoms with van der Waals surface area (Å²) in [5.74, 6) is 1.50. The van der Waals surface area contributed by atoms with Crippen LogP contribution in [0.5, 0.6) is 11.5 Å². The van der Waals surface area contributed by atoms with Crippen LogP contribution in [0.1, 0.15) is 26.3 Å². The van der Waals surface area contributed by atoms with Crippen LogP contribution in [0.3, 0.4) is 0 Å². The third-order valence-corrected chi connectivity index (χ3v) is 2.95. The van der Waals surface area contributed by atoms with Crippen LogP contribution in [0.15, 0.2) is 22.8 Å². The second kappa shape index (κ2) is 5.13. The number of fused-ring (bicyclic) bond motifs is 1. The normalized spacial score (nSPS) is 11.8. The summed E-state index contributed by atoms with van der Waals surface area (Å²) in [4.78, 5) is 0. The van der Waals surface area contributed by atoms with Gasteiger partial charge in [0.2, 0.25) is 0 Å². The Morgan fingerprint density at radius 3 is 2.47 bits per heavy atom. The number of benzene rings is 1. The Labute approximate surface area is 113 Å². The van der Waals surface area contributed by atoms with E-state index in [2.05, 4.69) is 26.1 Å². The summed E-state index contributed by atoms with van der Waals surface area (Å²) < 4.78 is 16.3. The van der Waals surface area contributed by atoms with Crippen molar-refractivity contribution in [3.05, 3.63) is 24.0 Å². The molecule has 0 aliphatic carbocycles. The minimum Gasteiger partial charge on any atom is -0.496 e. The Balaban J connectivity index is 2.41. The average molecular weight is 263 g/mol. The molecule has 0 saturated carbocycles. The second-order valence-electron chi connectivity index (χ2n) is 5.57. The first-order valence-electron chi connectivity index (χ1n) is 6.32. The van der Waals surface area contributed by atoms with E-state index in [1.807, 2.05) is 12.1 Å². The van der Waals surface area contributed by atoms with Crippen molar-refractivity contribution in [1.82, 2.24) is 5.32 Å². The highest BCUT2D eigenvalue weighted by atomic mass is 16.5. The van der Waals surface area contributed by atoms with E-state index in [1.54, 1.807) is 20.5 Å². The van der Waals surface area contributed by atoms with Gasteiger partial charge in [-0.1, -0.05) is 0 Å². The summed E-state index contributed by atoms with van der Waals surface area (Å²) >= 11 is 0. The molecule has 1 aromatic heterocycles. The molecule has 0 atom stereocenters. The van der Waals surface area contributed by atoms with E-state index in [-0.39, 0.29) is 5.54 Å². The monoisotopic (exact) mass is 263 g/mol. The third kappa shape index (κ3) is 3.01. The first-order chi connectivity index (χ1) is 8.94. The van der Waals surface area contributed by atoms with Gasteiger partial charge in [0.05, 0.1) is 25.9 Å². The van der Waals surface area contributed by atoms with Crippen LogP contribution in [-0.2, 0) is 6.54 Å². The van der Waals surface area contributed by atoms with Gasteiger partial charge in [-0.25, -0.2) is 0 Å². The van der Waals surface area contributed by atoms with Gasteiger partial charge in [0.15, 0.2) is 0 Å². The second-order valence-corrected chi connectivity index (χ2v) is 5.57. The Hall–Kier alpha value is -1.68. The summed E-state index contributed by atoms with van der Waals surface area (Å²) in [5, 5.41) is 4.45. The van der Waals surface area contributed by atoms with E-state index in [0.29, 0.717) is 0 Å². The SMILES string of the molecule is COc1cc(OC)c2c(CNC(C)(C)C)coc2c1. The highest BCUT2D eigenvalue weighted by Crippen LogP contribution is 2.35. The molecule has 0 saturated heterocycles. The largest absolute Gasteiger partial charge is 0.496 e. The van der Waals surface area contributed by atoms with Gasteiger partial charge in [-0.2, -0.15) is 0 Å². The number of hydrogen-bond acceptors (Lipinski definition) is 4. The van der Waals surface area contributed by atoms with Gasteiger partial charge in [-0.3, -0.25) is 0 Å². The zero-order chi connectivity index (χ0) is 14.0. The predicted molar refractivity (Wildman–Crippen MR) is 75.9 cm³/mol. The Bertz CT molecular complexity index is 567. The molecule has 1 N–H and O–H groups in total. The maximum absolute atomic E-state index is 5.60. The van der Waals surface area contributed by atoms with E-state index in [1.165, 1.54) is 0 Å². The number of hydrogen-bond donors (Lipinski definition) is 1. The topological polar surface area (TPSA) is 43.6 Å². The maximum Gasteiger partial charge on any atom is 0.141 e. The lowest BCUT2D eigenvalue weighted by Crippen LogP contribution is -2.34. The van der Waals surface area contributed by atoms with Crippen molar-refractivity contribution in [3.63, 3.8) is 0 Å². The first kappa shape index (κ1) is 13.7. The molecule has 2 aromatic rings. The molecule has 0 radical (unpaired) electrons. The van der Waals surface area contributed by atoms with Gasteiger partial charge in [-0.15, -0.1) is 0 Å². The quantitative estimate of drug-likeness (QED) is 0.918. The van der Waals surface area contributed by atoms with E-state index in [0.717, 1.165) is 34.6 Å². The lowest BCUT2D eigenvalue weighted by molar-refractivity contribution is 0.396. The van der Waals surface area contributed by atoms with Crippen LogP contribution < -0.4 is 14.8 Å². The van der Waals surface area contributed by atoms with Crippen LogP contribution >= 0.6 is 0 Å². The summed E-state index contributed by atoms with van der Waals surface area (Å²) in [6, 6.07) is 3.75. The summed E-state index contributed by atoms with van der Waals surface area (Å²) in [6.45, 7) is 7.14. The summed E-state index contributed by atoms with van der Waals surface area (Å²) in [6.07, 6.45) is 1.77. The average Bonchev–Trinajstić information content (AvgIpc) is 2.77. The van der Waals surface area contributed by atoms with Crippen molar-refractivity contribution >= 4 is 11.0 Å². The molecule has 0 aliphatic heterocycles. The van der Waals surface area contributed by atoms with E-state index in [4.69, 9.17) is 13.9 Å². The fourth-order valence-electron chi connectivity index (χ4n) is 1.94. The molecule has 2 rings (SSSR count). The van der Waals surface area contributed by atoms with Crippen LogP contribution in [0.25, 0.3) is 11.0 Å². The van der Waals surface area contributed by atoms with Crippen LogP contribution in [-0.4, -0.2) is 19.8 Å². The van der Waals surface area contributed by atoms with Crippen molar-refractivity contribution in [2.24, 2.45) is 0 Å². The van der Waals surface area contributed by atoms with Gasteiger partial charge < -0.3 is 19.2 Å². The number of furan rings is 1. The van der Waals surface area contributed by atoms with Crippen LogP contribution in [0, 0.1) is 0 Å². The smallest absolute Gasteiger partial charge is 0.141 e. The Morgan fingerprint density at radius 2 is 1.89 bits per heavy atom. The van der Waals surface area contributed by atoms with Crippen molar-refractivity contribution in [1.29, 1.82) is 0 Å². The molecule has 0 bridgehead atoms. The van der Waals surface area contributed by atoms with Gasteiger partial charge in [0, 0.05) is 29.8 Å². The van der Waals surface area contributed by atoms with Crippen LogP contribution in [0.4, 0.5) is 0 Å². The molecule has 0 amide bonds. The van der Waals surface area contributed by atoms with E-state index in [9.17, 15) is 0 Å². The van der Waals surface area contributed by atoms with Crippen LogP contribution in [0.2, 0.25) is 0 Å². The first-order valence-corrected chi connectivity index (χ1v) is 6.32. The van der Waals surface area contributed by atoms with E-state index < -0.39 is 0 Å². The number of rotatable bonds is 4. The molecule has 104 valence electrons. The molecule has 1 aromatic carbocycles. The molecule has 19 heavy (non-hydrogen) atoms. The lowest BCUT2D eigenvalue weighted by Gasteiger charge is -2.20. The summed E-state index contributed by atoms with van der Waals surface area (Å²) in [5.41, 5.74) is 1.93. The number of nitrogens with one attached hydrogen (secondary N) is 1. The van der Waals surface area contributed by atoms with Gasteiger partial charge in [0.25, 0.3) is 0 Å². The minimum atomic E-state index is 0.0588. The number of ether oxygens (including phenoxy) is 2. The molecule has 1 heterocycles. The maximum atomic E-state index is 5.60. The zero-order valence-electron chi connectivity index (χ0n) is 12.2. The lowest BCUT2D eigenvalue weighted by atomic mass is 10.1. The highest BCUT2D eigenvalue weighted by molar-refractivity contribution is 5.89. The molecule has 0 fully saturated rings. The molecule has 0 spiro atoms. The van der Waals surface area contributed by atoms with Crippen molar-refractivity contribution in [2.45, 2.75) is 32.9 Å². The molecular weight excluding hydrogens is 242 g/mol. The molecule has 4 nitrogen and oxygen atoms in total. The van der Waals surface area contributed by atoms with Gasteiger partial charge >= 0.3 is 0 Å². The molecule has 4 heteroatoms. The predicted octanol–water partition coefficient (Wildman–Crippen LogP) is 3.34. The molecule has 0 aliphatic rings. The fourth-order valence-corrected chi connectivity index (χ4v) is 1.94. The third-order valence-electron chi connectivity index (χ3n) is 2.95. The standard InChI is InChI=1S/C15H21NO3/c1-15(2,3)16-8-10-9-19-13-7-11(17-4)6-12(18-5)14(10)13/h6-7,9,16H,8H2,1-5H3. The van der Waals surface area contributed by atoms with Crippen molar-refractivity contribution < 1.29 is 13.9 Å². The van der Waals surface area contributed by atoms with Crippen molar-refractivity contribution in [3.8, 4) is 11.5 Å². The zero-order valence-corrected chi connectivity index (χ0v) is 12.2. The molecular formula is C15H21NO3. The van der Waals surface area contributed by atoms with Crippen molar-refractivity contribution in [2.75, 3.05) is 14.2 Å². The fraction of sp³-hybridized carbons (Fsp3) is 0.467. The Kier molecular flexibility index (Phi) is 3.71. The summed E-state index contributed by atoms with van der Waals surface area (Å²) in [7, 11) is 3.29. The highest BCUT2D eigenvalue weighted by Gasteiger charge is 2.16. The van der Waals surface area contributed by atoms with E-state index >= 15 is 0 Å².